The van der Waals surface area contributed by atoms with Crippen LogP contribution in [0.3, 0.4) is 0 Å². The van der Waals surface area contributed by atoms with Crippen molar-refractivity contribution in [1.82, 2.24) is 34.7 Å². The molecule has 0 unspecified atom stereocenters. The zero-order chi connectivity index (χ0) is 26.7. The molecule has 0 fully saturated rings. The lowest BCUT2D eigenvalue weighted by atomic mass is 10.2. The highest BCUT2D eigenvalue weighted by atomic mass is 35.5. The molecule has 3 N–H and O–H groups in total. The van der Waals surface area contributed by atoms with Crippen LogP contribution >= 0.6 is 11.6 Å². The number of halogens is 1. The van der Waals surface area contributed by atoms with Crippen molar-refractivity contribution >= 4 is 32.9 Å². The first kappa shape index (κ1) is 26.2. The van der Waals surface area contributed by atoms with Gasteiger partial charge in [-0.25, -0.2) is 38.0 Å². The molecule has 4 aromatic rings. The van der Waals surface area contributed by atoms with E-state index in [1.165, 1.54) is 18.6 Å². The Bertz CT molecular complexity index is 1530. The molecular formula is C23H26ClN9O3S. The minimum atomic E-state index is -3.40. The molecule has 4 rings (SSSR count). The van der Waals surface area contributed by atoms with Crippen LogP contribution in [0.2, 0.25) is 5.15 Å². The summed E-state index contributed by atoms with van der Waals surface area (Å²) < 4.78 is 31.3. The van der Waals surface area contributed by atoms with E-state index in [-0.39, 0.29) is 11.0 Å². The largest absolute Gasteiger partial charge is 0.474 e. The third-order valence-electron chi connectivity index (χ3n) is 5.42. The Balaban J connectivity index is 1.47. The van der Waals surface area contributed by atoms with E-state index in [4.69, 9.17) is 22.1 Å². The Hall–Kier alpha value is -3.84. The highest BCUT2D eigenvalue weighted by molar-refractivity contribution is 7.90. The van der Waals surface area contributed by atoms with Gasteiger partial charge in [-0.3, -0.25) is 0 Å². The minimum Gasteiger partial charge on any atom is -0.474 e. The van der Waals surface area contributed by atoms with E-state index in [1.54, 1.807) is 30.1 Å². The maximum Gasteiger partial charge on any atom is 0.223 e. The van der Waals surface area contributed by atoms with Crippen molar-refractivity contribution in [2.24, 2.45) is 7.05 Å². The maximum atomic E-state index is 11.7. The van der Waals surface area contributed by atoms with Gasteiger partial charge in [0.15, 0.2) is 21.5 Å². The van der Waals surface area contributed by atoms with Gasteiger partial charge in [0.25, 0.3) is 0 Å². The van der Waals surface area contributed by atoms with Gasteiger partial charge in [-0.15, -0.1) is 0 Å². The monoisotopic (exact) mass is 543 g/mol. The fourth-order valence-corrected chi connectivity index (χ4v) is 4.23. The third kappa shape index (κ3) is 6.12. The van der Waals surface area contributed by atoms with E-state index in [2.05, 4.69) is 35.3 Å². The molecule has 12 nitrogen and oxygen atoms in total. The fourth-order valence-electron chi connectivity index (χ4n) is 3.58. The van der Waals surface area contributed by atoms with Crippen LogP contribution in [-0.4, -0.2) is 62.0 Å². The van der Waals surface area contributed by atoms with Gasteiger partial charge in [-0.1, -0.05) is 11.6 Å². The van der Waals surface area contributed by atoms with E-state index in [9.17, 15) is 8.42 Å². The molecule has 0 aliphatic heterocycles. The van der Waals surface area contributed by atoms with Gasteiger partial charge < -0.3 is 15.8 Å². The highest BCUT2D eigenvalue weighted by Gasteiger charge is 2.21. The number of nitrogens with two attached hydrogens (primary N) is 1. The van der Waals surface area contributed by atoms with Crippen molar-refractivity contribution < 1.29 is 13.2 Å². The molecule has 37 heavy (non-hydrogen) atoms. The smallest absolute Gasteiger partial charge is 0.223 e. The topological polar surface area (TPSA) is 164 Å². The Labute approximate surface area is 219 Å². The lowest BCUT2D eigenvalue weighted by molar-refractivity contribution is 0.198. The van der Waals surface area contributed by atoms with Crippen molar-refractivity contribution in [2.75, 3.05) is 23.9 Å². The number of ether oxygens (including phenoxy) is 1. The number of nitrogen functional groups attached to an aromatic ring is 1. The number of nitrogens with one attached hydrogen (secondary N) is 1. The predicted octanol–water partition coefficient (Wildman–Crippen LogP) is 2.95. The average Bonchev–Trinajstić information content (AvgIpc) is 3.11. The molecule has 1 atom stereocenters. The predicted molar refractivity (Wildman–Crippen MR) is 140 cm³/mol. The van der Waals surface area contributed by atoms with Crippen LogP contribution in [0.1, 0.15) is 19.0 Å². The van der Waals surface area contributed by atoms with Gasteiger partial charge in [0.05, 0.1) is 17.4 Å². The molecule has 4 heterocycles. The lowest BCUT2D eigenvalue weighted by Gasteiger charge is -2.17. The molecule has 0 amide bonds. The maximum absolute atomic E-state index is 11.7. The second-order valence-electron chi connectivity index (χ2n) is 8.41. The molecule has 4 aromatic heterocycles. The second kappa shape index (κ2) is 10.6. The van der Waals surface area contributed by atoms with Gasteiger partial charge in [0.1, 0.15) is 21.4 Å². The summed E-state index contributed by atoms with van der Waals surface area (Å²) in [7, 11) is -1.61. The van der Waals surface area contributed by atoms with Crippen LogP contribution in [0.25, 0.3) is 22.8 Å². The molecule has 0 spiro atoms. The van der Waals surface area contributed by atoms with Crippen molar-refractivity contribution in [3.8, 4) is 28.7 Å². The first-order chi connectivity index (χ1) is 17.5. The number of nitrogens with zero attached hydrogens (tertiary/aromatic N) is 7. The summed E-state index contributed by atoms with van der Waals surface area (Å²) in [5, 5.41) is 8.07. The summed E-state index contributed by atoms with van der Waals surface area (Å²) in [4.78, 5) is 21.2. The standard InChI is InChI=1S/C23H26ClN9O3S/c1-13(36-23-20(14(2)32-33(23)3)22-27-8-6-19(25)31-22)5-7-26-17-9-18(24)28-12-16(17)21-29-10-15(11-30-21)37(4,34)35/h6,8-13H,5,7H2,1-4H3,(H,26,28)(H2,25,27,31)/t13-/m0/s1. The molecule has 0 radical (unpaired) electrons. The van der Waals surface area contributed by atoms with Crippen LogP contribution in [0, 0.1) is 6.92 Å². The number of sulfone groups is 1. The Morgan fingerprint density at radius 2 is 1.89 bits per heavy atom. The summed E-state index contributed by atoms with van der Waals surface area (Å²) in [6.07, 6.45) is 7.19. The number of rotatable bonds is 9. The molecule has 14 heteroatoms. The fraction of sp³-hybridized carbons (Fsp3) is 0.304. The van der Waals surface area contributed by atoms with Crippen LogP contribution < -0.4 is 15.8 Å². The molecular weight excluding hydrogens is 518 g/mol. The molecule has 0 saturated carbocycles. The van der Waals surface area contributed by atoms with E-state index >= 15 is 0 Å². The van der Waals surface area contributed by atoms with Crippen LogP contribution in [0.5, 0.6) is 5.88 Å². The van der Waals surface area contributed by atoms with Gasteiger partial charge in [0, 0.05) is 56.7 Å². The van der Waals surface area contributed by atoms with E-state index < -0.39 is 9.84 Å². The molecule has 0 aromatic carbocycles. The first-order valence-electron chi connectivity index (χ1n) is 11.2. The Kier molecular flexibility index (Phi) is 7.55. The number of hydrogen-bond acceptors (Lipinski definition) is 11. The Morgan fingerprint density at radius 3 is 2.57 bits per heavy atom. The van der Waals surface area contributed by atoms with E-state index in [1.807, 2.05) is 13.8 Å². The summed E-state index contributed by atoms with van der Waals surface area (Å²) in [6, 6.07) is 3.28. The number of aryl methyl sites for hydroxylation is 2. The van der Waals surface area contributed by atoms with Gasteiger partial charge in [-0.05, 0) is 26.0 Å². The zero-order valence-corrected chi connectivity index (χ0v) is 22.2. The van der Waals surface area contributed by atoms with Crippen LogP contribution in [0.15, 0.2) is 41.8 Å². The van der Waals surface area contributed by atoms with Gasteiger partial charge >= 0.3 is 0 Å². The summed E-state index contributed by atoms with van der Waals surface area (Å²) in [5.74, 6) is 1.67. The molecule has 194 valence electrons. The minimum absolute atomic E-state index is 0.0343. The van der Waals surface area contributed by atoms with E-state index in [0.29, 0.717) is 58.3 Å². The zero-order valence-electron chi connectivity index (χ0n) is 20.7. The average molecular weight is 544 g/mol. The number of pyridine rings is 1. The van der Waals surface area contributed by atoms with Crippen molar-refractivity contribution in [3.63, 3.8) is 0 Å². The van der Waals surface area contributed by atoms with Crippen molar-refractivity contribution in [2.45, 2.75) is 31.3 Å². The van der Waals surface area contributed by atoms with Crippen LogP contribution in [0.4, 0.5) is 11.5 Å². The summed E-state index contributed by atoms with van der Waals surface area (Å²) >= 11 is 6.12. The third-order valence-corrected chi connectivity index (χ3v) is 6.69. The van der Waals surface area contributed by atoms with Crippen LogP contribution in [-0.2, 0) is 16.9 Å². The number of aromatic nitrogens is 7. The first-order valence-corrected chi connectivity index (χ1v) is 13.5. The van der Waals surface area contributed by atoms with Crippen molar-refractivity contribution in [3.05, 3.63) is 47.8 Å². The summed E-state index contributed by atoms with van der Waals surface area (Å²) in [5.41, 5.74) is 8.50. The van der Waals surface area contributed by atoms with Gasteiger partial charge in [0.2, 0.25) is 5.88 Å². The van der Waals surface area contributed by atoms with Crippen molar-refractivity contribution in [1.29, 1.82) is 0 Å². The molecule has 0 saturated heterocycles. The lowest BCUT2D eigenvalue weighted by Crippen LogP contribution is -2.19. The highest BCUT2D eigenvalue weighted by Crippen LogP contribution is 2.32. The molecule has 0 aliphatic rings. The van der Waals surface area contributed by atoms with E-state index in [0.717, 1.165) is 11.9 Å². The number of hydrogen-bond donors (Lipinski definition) is 2. The quantitative estimate of drug-likeness (QED) is 0.298. The second-order valence-corrected chi connectivity index (χ2v) is 10.8. The summed E-state index contributed by atoms with van der Waals surface area (Å²) in [6.45, 7) is 4.33. The van der Waals surface area contributed by atoms with Gasteiger partial charge in [-0.2, -0.15) is 5.10 Å². The molecule has 0 aliphatic carbocycles. The molecule has 0 bridgehead atoms. The SMILES string of the molecule is Cc1nn(C)c(O[C@@H](C)CCNc2cc(Cl)ncc2-c2ncc(S(C)(=O)=O)cn2)c1-c1nccc(N)n1. The number of anilines is 2. The Morgan fingerprint density at radius 1 is 1.16 bits per heavy atom. The normalized spacial score (nSPS) is 12.4.